The molecule has 6 nitrogen and oxygen atoms in total. The third-order valence-electron chi connectivity index (χ3n) is 5.97. The molecule has 1 atom stereocenters. The highest BCUT2D eigenvalue weighted by Crippen LogP contribution is 2.27. The van der Waals surface area contributed by atoms with Crippen molar-refractivity contribution >= 4 is 23.2 Å². The summed E-state index contributed by atoms with van der Waals surface area (Å²) in [6.07, 6.45) is 2.63. The molecule has 2 aromatic rings. The molecule has 0 spiro atoms. The minimum atomic E-state index is -0.327. The van der Waals surface area contributed by atoms with Crippen molar-refractivity contribution in [1.82, 2.24) is 4.90 Å². The van der Waals surface area contributed by atoms with E-state index in [0.29, 0.717) is 25.2 Å². The molecule has 2 amide bonds. The Labute approximate surface area is 208 Å². The first-order valence-corrected chi connectivity index (χ1v) is 12.2. The smallest absolute Gasteiger partial charge is 0.228 e. The molecule has 1 saturated heterocycles. The standard InChI is InChI=1S/C28H38FN3O3/c1-28(2,3)17-27(34)32(19-24-7-6-14-35-24)18-21-16-23(12-13-25(21)31(4)5)30-26(33)15-20-8-10-22(29)11-9-20/h8-13,16,24H,6-7,14-15,17-19H2,1-5H3,(H,30,33)/t24-/m0/s1. The molecular weight excluding hydrogens is 445 g/mol. The molecule has 35 heavy (non-hydrogen) atoms. The van der Waals surface area contributed by atoms with E-state index < -0.39 is 0 Å². The summed E-state index contributed by atoms with van der Waals surface area (Å²) in [5, 5.41) is 2.95. The predicted octanol–water partition coefficient (Wildman–Crippen LogP) is 5.02. The van der Waals surface area contributed by atoms with Gasteiger partial charge in [0.25, 0.3) is 0 Å². The average molecular weight is 484 g/mol. The molecule has 0 saturated carbocycles. The van der Waals surface area contributed by atoms with E-state index in [0.717, 1.165) is 36.3 Å². The van der Waals surface area contributed by atoms with Crippen LogP contribution in [-0.4, -0.2) is 50.1 Å². The summed E-state index contributed by atoms with van der Waals surface area (Å²) in [5.74, 6) is -0.407. The van der Waals surface area contributed by atoms with E-state index in [1.165, 1.54) is 12.1 Å². The van der Waals surface area contributed by atoms with Gasteiger partial charge in [0, 0.05) is 51.6 Å². The van der Waals surface area contributed by atoms with E-state index in [2.05, 4.69) is 26.1 Å². The lowest BCUT2D eigenvalue weighted by Gasteiger charge is -2.30. The molecule has 1 N–H and O–H groups in total. The number of nitrogens with zero attached hydrogens (tertiary/aromatic N) is 2. The van der Waals surface area contributed by atoms with Gasteiger partial charge in [0.05, 0.1) is 12.5 Å². The average Bonchev–Trinajstić information content (AvgIpc) is 3.27. The van der Waals surface area contributed by atoms with Gasteiger partial charge in [-0.3, -0.25) is 9.59 Å². The summed E-state index contributed by atoms with van der Waals surface area (Å²) < 4.78 is 19.0. The first kappa shape index (κ1) is 26.7. The highest BCUT2D eigenvalue weighted by atomic mass is 19.1. The second kappa shape index (κ2) is 11.7. The first-order valence-electron chi connectivity index (χ1n) is 12.2. The van der Waals surface area contributed by atoms with E-state index in [-0.39, 0.29) is 35.6 Å². The van der Waals surface area contributed by atoms with Gasteiger partial charge in [0.1, 0.15) is 5.82 Å². The Morgan fingerprint density at radius 1 is 1.11 bits per heavy atom. The number of ether oxygens (including phenoxy) is 1. The Hall–Kier alpha value is -2.93. The summed E-state index contributed by atoms with van der Waals surface area (Å²) in [7, 11) is 3.93. The van der Waals surface area contributed by atoms with Gasteiger partial charge in [-0.25, -0.2) is 4.39 Å². The zero-order valence-corrected chi connectivity index (χ0v) is 21.6. The summed E-state index contributed by atoms with van der Waals surface area (Å²) in [4.78, 5) is 29.8. The summed E-state index contributed by atoms with van der Waals surface area (Å²) in [6.45, 7) is 7.93. The minimum absolute atomic E-state index is 0.0559. The van der Waals surface area contributed by atoms with Gasteiger partial charge in [-0.05, 0) is 59.7 Å². The summed E-state index contributed by atoms with van der Waals surface area (Å²) in [6, 6.07) is 11.7. The number of benzene rings is 2. The second-order valence-electron chi connectivity index (χ2n) is 10.7. The number of carbonyl (C=O) groups is 2. The van der Waals surface area contributed by atoms with Gasteiger partial charge in [-0.2, -0.15) is 0 Å². The lowest BCUT2D eigenvalue weighted by molar-refractivity contribution is -0.135. The number of nitrogens with one attached hydrogen (secondary N) is 1. The number of hydrogen-bond acceptors (Lipinski definition) is 4. The van der Waals surface area contributed by atoms with E-state index in [9.17, 15) is 14.0 Å². The van der Waals surface area contributed by atoms with Crippen molar-refractivity contribution in [2.24, 2.45) is 5.41 Å². The van der Waals surface area contributed by atoms with Crippen molar-refractivity contribution in [3.8, 4) is 0 Å². The lowest BCUT2D eigenvalue weighted by Crippen LogP contribution is -2.38. The van der Waals surface area contributed by atoms with Gasteiger partial charge in [-0.1, -0.05) is 32.9 Å². The molecule has 190 valence electrons. The van der Waals surface area contributed by atoms with E-state index in [1.807, 2.05) is 42.1 Å². The van der Waals surface area contributed by atoms with Crippen LogP contribution in [0.2, 0.25) is 0 Å². The van der Waals surface area contributed by atoms with Crippen LogP contribution in [0.4, 0.5) is 15.8 Å². The lowest BCUT2D eigenvalue weighted by atomic mass is 9.91. The number of rotatable bonds is 9. The molecule has 0 aromatic heterocycles. The Bertz CT molecular complexity index is 1010. The maximum Gasteiger partial charge on any atom is 0.228 e. The van der Waals surface area contributed by atoms with Crippen LogP contribution in [0.25, 0.3) is 0 Å². The first-order chi connectivity index (χ1) is 16.5. The van der Waals surface area contributed by atoms with Gasteiger partial charge < -0.3 is 19.9 Å². The maximum absolute atomic E-state index is 13.3. The molecule has 1 fully saturated rings. The van der Waals surface area contributed by atoms with Crippen LogP contribution in [-0.2, 0) is 27.3 Å². The van der Waals surface area contributed by atoms with Crippen molar-refractivity contribution in [3.05, 3.63) is 59.4 Å². The van der Waals surface area contributed by atoms with Crippen LogP contribution in [0.5, 0.6) is 0 Å². The number of hydrogen-bond donors (Lipinski definition) is 1. The normalized spacial score (nSPS) is 15.7. The number of halogens is 1. The monoisotopic (exact) mass is 483 g/mol. The van der Waals surface area contributed by atoms with Crippen LogP contribution in [0.15, 0.2) is 42.5 Å². The molecule has 0 bridgehead atoms. The topological polar surface area (TPSA) is 61.9 Å². The molecule has 3 rings (SSSR count). The second-order valence-corrected chi connectivity index (χ2v) is 10.7. The number of amides is 2. The molecule has 7 heteroatoms. The third kappa shape index (κ3) is 8.35. The largest absolute Gasteiger partial charge is 0.377 e. The van der Waals surface area contributed by atoms with Crippen LogP contribution in [0.1, 0.15) is 51.2 Å². The van der Waals surface area contributed by atoms with Gasteiger partial charge in [0.15, 0.2) is 0 Å². The third-order valence-corrected chi connectivity index (χ3v) is 5.97. The van der Waals surface area contributed by atoms with E-state index in [1.54, 1.807) is 12.1 Å². The highest BCUT2D eigenvalue weighted by Gasteiger charge is 2.26. The van der Waals surface area contributed by atoms with Gasteiger partial charge in [0.2, 0.25) is 11.8 Å². The fraction of sp³-hybridized carbons (Fsp3) is 0.500. The highest BCUT2D eigenvalue weighted by molar-refractivity contribution is 5.92. The van der Waals surface area contributed by atoms with Crippen molar-refractivity contribution in [2.75, 3.05) is 37.5 Å². The number of anilines is 2. The maximum atomic E-state index is 13.3. The van der Waals surface area contributed by atoms with Gasteiger partial charge in [-0.15, -0.1) is 0 Å². The summed E-state index contributed by atoms with van der Waals surface area (Å²) in [5.41, 5.74) is 3.23. The van der Waals surface area contributed by atoms with Crippen LogP contribution >= 0.6 is 0 Å². The van der Waals surface area contributed by atoms with Crippen molar-refractivity contribution in [1.29, 1.82) is 0 Å². The molecule has 2 aromatic carbocycles. The van der Waals surface area contributed by atoms with Gasteiger partial charge >= 0.3 is 0 Å². The molecule has 1 heterocycles. The molecule has 0 radical (unpaired) electrons. The Balaban J connectivity index is 1.79. The number of carbonyl (C=O) groups excluding carboxylic acids is 2. The zero-order valence-electron chi connectivity index (χ0n) is 21.6. The zero-order chi connectivity index (χ0) is 25.6. The Morgan fingerprint density at radius 3 is 2.43 bits per heavy atom. The SMILES string of the molecule is CN(C)c1ccc(NC(=O)Cc2ccc(F)cc2)cc1CN(C[C@@H]1CCCO1)C(=O)CC(C)(C)C. The van der Waals surface area contributed by atoms with Crippen LogP contribution < -0.4 is 10.2 Å². The van der Waals surface area contributed by atoms with Crippen LogP contribution in [0, 0.1) is 11.2 Å². The summed E-state index contributed by atoms with van der Waals surface area (Å²) >= 11 is 0. The fourth-order valence-electron chi connectivity index (χ4n) is 4.28. The van der Waals surface area contributed by atoms with E-state index in [4.69, 9.17) is 4.74 Å². The molecule has 1 aliphatic heterocycles. The van der Waals surface area contributed by atoms with E-state index >= 15 is 0 Å². The molecular formula is C28H38FN3O3. The predicted molar refractivity (Wildman–Crippen MR) is 138 cm³/mol. The van der Waals surface area contributed by atoms with Crippen molar-refractivity contribution < 1.29 is 18.7 Å². The fourth-order valence-corrected chi connectivity index (χ4v) is 4.28. The van der Waals surface area contributed by atoms with Crippen molar-refractivity contribution in [3.63, 3.8) is 0 Å². The molecule has 0 aliphatic carbocycles. The molecule has 0 unspecified atom stereocenters. The Morgan fingerprint density at radius 2 is 1.83 bits per heavy atom. The van der Waals surface area contributed by atoms with Crippen LogP contribution in [0.3, 0.4) is 0 Å². The quantitative estimate of drug-likeness (QED) is 0.544. The Kier molecular flexibility index (Phi) is 8.89. The molecule has 1 aliphatic rings. The van der Waals surface area contributed by atoms with Crippen molar-refractivity contribution in [2.45, 2.75) is 59.1 Å². The minimum Gasteiger partial charge on any atom is -0.377 e.